The van der Waals surface area contributed by atoms with Gasteiger partial charge in [-0.05, 0) is 13.8 Å². The third kappa shape index (κ3) is 4.23. The third-order valence-electron chi connectivity index (χ3n) is 2.50. The van der Waals surface area contributed by atoms with E-state index in [0.717, 1.165) is 21.2 Å². The van der Waals surface area contributed by atoms with Crippen molar-refractivity contribution in [3.63, 3.8) is 0 Å². The molecule has 112 valence electrons. The fourth-order valence-corrected chi connectivity index (χ4v) is 3.15. The smallest absolute Gasteiger partial charge is 0.347 e. The molecule has 2 heterocycles. The van der Waals surface area contributed by atoms with Gasteiger partial charge in [0, 0.05) is 11.1 Å². The first-order valence-electron chi connectivity index (χ1n) is 6.08. The van der Waals surface area contributed by atoms with Crippen molar-refractivity contribution in [2.75, 3.05) is 0 Å². The summed E-state index contributed by atoms with van der Waals surface area (Å²) in [6.45, 7) is 4.14. The summed E-state index contributed by atoms with van der Waals surface area (Å²) in [6, 6.07) is -0.340. The van der Waals surface area contributed by atoms with Crippen molar-refractivity contribution in [1.82, 2.24) is 20.6 Å². The molecule has 3 N–H and O–H groups in total. The predicted molar refractivity (Wildman–Crippen MR) is 79.7 cm³/mol. The van der Waals surface area contributed by atoms with Crippen molar-refractivity contribution in [2.24, 2.45) is 0 Å². The fourth-order valence-electron chi connectivity index (χ4n) is 1.58. The van der Waals surface area contributed by atoms with Crippen LogP contribution in [0, 0.1) is 13.8 Å². The molecule has 0 aliphatic rings. The first-order valence-corrected chi connectivity index (χ1v) is 7.71. The van der Waals surface area contributed by atoms with E-state index in [4.69, 9.17) is 5.11 Å². The van der Waals surface area contributed by atoms with E-state index < -0.39 is 5.97 Å². The standard InChI is InChI=1S/C12H14N4O3S2/c1-6-3-13-8(20-6)4-14-12(19)15-5-9-16-7(2)10(21-9)11(17)18/h3H,4-5H2,1-2H3,(H,17,18)(H2,14,15,19). The monoisotopic (exact) mass is 326 g/mol. The number of amides is 2. The van der Waals surface area contributed by atoms with Crippen LogP contribution in [0.15, 0.2) is 6.20 Å². The van der Waals surface area contributed by atoms with Crippen molar-refractivity contribution in [3.8, 4) is 0 Å². The van der Waals surface area contributed by atoms with Crippen molar-refractivity contribution < 1.29 is 14.7 Å². The van der Waals surface area contributed by atoms with Crippen LogP contribution in [0.2, 0.25) is 0 Å². The number of carboxylic acid groups (broad SMARTS) is 1. The van der Waals surface area contributed by atoms with Gasteiger partial charge >= 0.3 is 12.0 Å². The molecular formula is C12H14N4O3S2. The highest BCUT2D eigenvalue weighted by atomic mass is 32.1. The molecule has 2 aromatic heterocycles. The van der Waals surface area contributed by atoms with Crippen molar-refractivity contribution in [1.29, 1.82) is 0 Å². The average Bonchev–Trinajstić information content (AvgIpc) is 3.00. The summed E-state index contributed by atoms with van der Waals surface area (Å²) in [5.41, 5.74) is 0.461. The number of hydrogen-bond donors (Lipinski definition) is 3. The van der Waals surface area contributed by atoms with Crippen LogP contribution in [-0.4, -0.2) is 27.1 Å². The van der Waals surface area contributed by atoms with E-state index in [1.807, 2.05) is 6.92 Å². The Labute approximate surface area is 129 Å². The number of nitrogens with one attached hydrogen (secondary N) is 2. The van der Waals surface area contributed by atoms with Crippen molar-refractivity contribution in [2.45, 2.75) is 26.9 Å². The number of thiazole rings is 2. The highest BCUT2D eigenvalue weighted by molar-refractivity contribution is 7.13. The van der Waals surface area contributed by atoms with Crippen LogP contribution in [0.3, 0.4) is 0 Å². The number of aromatic nitrogens is 2. The van der Waals surface area contributed by atoms with E-state index in [9.17, 15) is 9.59 Å². The van der Waals surface area contributed by atoms with Crippen LogP contribution in [0.5, 0.6) is 0 Å². The van der Waals surface area contributed by atoms with Crippen LogP contribution in [0.1, 0.15) is 30.3 Å². The first kappa shape index (κ1) is 15.4. The van der Waals surface area contributed by atoms with E-state index in [-0.39, 0.29) is 17.5 Å². The van der Waals surface area contributed by atoms with Crippen LogP contribution in [0.25, 0.3) is 0 Å². The molecular weight excluding hydrogens is 312 g/mol. The molecule has 0 aliphatic heterocycles. The lowest BCUT2D eigenvalue weighted by atomic mass is 10.4. The summed E-state index contributed by atoms with van der Waals surface area (Å²) in [5.74, 6) is -1.00. The largest absolute Gasteiger partial charge is 0.477 e. The highest BCUT2D eigenvalue weighted by Crippen LogP contribution is 2.17. The van der Waals surface area contributed by atoms with Gasteiger partial charge in [0.25, 0.3) is 0 Å². The van der Waals surface area contributed by atoms with E-state index >= 15 is 0 Å². The molecule has 0 radical (unpaired) electrons. The van der Waals surface area contributed by atoms with Gasteiger partial charge in [-0.3, -0.25) is 0 Å². The SMILES string of the molecule is Cc1cnc(CNC(=O)NCc2nc(C)c(C(=O)O)s2)s1. The van der Waals surface area contributed by atoms with Crippen molar-refractivity contribution >= 4 is 34.7 Å². The molecule has 21 heavy (non-hydrogen) atoms. The normalized spacial score (nSPS) is 10.4. The van der Waals surface area contributed by atoms with Gasteiger partial charge in [-0.15, -0.1) is 22.7 Å². The molecule has 7 nitrogen and oxygen atoms in total. The Morgan fingerprint density at radius 2 is 1.86 bits per heavy atom. The van der Waals surface area contributed by atoms with Crippen LogP contribution < -0.4 is 10.6 Å². The number of aromatic carboxylic acids is 1. The summed E-state index contributed by atoms with van der Waals surface area (Å²) in [4.78, 5) is 32.1. The Hall–Kier alpha value is -2.00. The Morgan fingerprint density at radius 3 is 2.38 bits per heavy atom. The quantitative estimate of drug-likeness (QED) is 0.778. The number of rotatable bonds is 5. The van der Waals surface area contributed by atoms with Gasteiger partial charge in [0.2, 0.25) is 0 Å². The second kappa shape index (κ2) is 6.64. The topological polar surface area (TPSA) is 104 Å². The van der Waals surface area contributed by atoms with Gasteiger partial charge in [0.05, 0.1) is 18.8 Å². The maximum atomic E-state index is 11.6. The maximum Gasteiger partial charge on any atom is 0.347 e. The Balaban J connectivity index is 1.81. The maximum absolute atomic E-state index is 11.6. The number of urea groups is 1. The number of carbonyl (C=O) groups is 2. The molecule has 0 saturated carbocycles. The highest BCUT2D eigenvalue weighted by Gasteiger charge is 2.14. The molecule has 0 saturated heterocycles. The van der Waals surface area contributed by atoms with Gasteiger partial charge in [-0.2, -0.15) is 0 Å². The lowest BCUT2D eigenvalue weighted by Crippen LogP contribution is -2.34. The zero-order valence-electron chi connectivity index (χ0n) is 11.5. The van der Waals surface area contributed by atoms with Crippen molar-refractivity contribution in [3.05, 3.63) is 31.7 Å². The Morgan fingerprint density at radius 1 is 1.19 bits per heavy atom. The van der Waals surface area contributed by atoms with Crippen LogP contribution in [-0.2, 0) is 13.1 Å². The van der Waals surface area contributed by atoms with Gasteiger partial charge in [-0.1, -0.05) is 0 Å². The zero-order valence-corrected chi connectivity index (χ0v) is 13.1. The zero-order chi connectivity index (χ0) is 15.4. The summed E-state index contributed by atoms with van der Waals surface area (Å²) < 4.78 is 0. The molecule has 0 unspecified atom stereocenters. The van der Waals surface area contributed by atoms with Gasteiger partial charge in [0.15, 0.2) is 0 Å². The summed E-state index contributed by atoms with van der Waals surface area (Å²) in [5, 5.41) is 15.7. The number of carboxylic acids is 1. The van der Waals surface area contributed by atoms with Gasteiger partial charge in [-0.25, -0.2) is 19.6 Å². The molecule has 0 atom stereocenters. The molecule has 0 aromatic carbocycles. The van der Waals surface area contributed by atoms with E-state index in [2.05, 4.69) is 20.6 Å². The molecule has 2 aromatic rings. The second-order valence-electron chi connectivity index (χ2n) is 4.23. The predicted octanol–water partition coefficient (Wildman–Crippen LogP) is 1.91. The van der Waals surface area contributed by atoms with Gasteiger partial charge in [0.1, 0.15) is 14.9 Å². The van der Waals surface area contributed by atoms with E-state index in [0.29, 0.717) is 17.2 Å². The fraction of sp³-hybridized carbons (Fsp3) is 0.333. The number of aryl methyl sites for hydroxylation is 2. The average molecular weight is 326 g/mol. The molecule has 0 bridgehead atoms. The minimum atomic E-state index is -1.00. The molecule has 0 aliphatic carbocycles. The number of hydrogen-bond acceptors (Lipinski definition) is 6. The minimum Gasteiger partial charge on any atom is -0.477 e. The lowest BCUT2D eigenvalue weighted by Gasteiger charge is -2.04. The Kier molecular flexibility index (Phi) is 4.86. The molecule has 0 spiro atoms. The number of nitrogens with zero attached hydrogens (tertiary/aromatic N) is 2. The lowest BCUT2D eigenvalue weighted by molar-refractivity contribution is 0.0701. The van der Waals surface area contributed by atoms with E-state index in [1.165, 1.54) is 11.3 Å². The van der Waals surface area contributed by atoms with Gasteiger partial charge < -0.3 is 15.7 Å². The minimum absolute atomic E-state index is 0.196. The summed E-state index contributed by atoms with van der Waals surface area (Å²) >= 11 is 2.59. The number of carbonyl (C=O) groups excluding carboxylic acids is 1. The molecule has 2 rings (SSSR count). The summed E-state index contributed by atoms with van der Waals surface area (Å²) in [6.07, 6.45) is 1.76. The van der Waals surface area contributed by atoms with Crippen LogP contribution in [0.4, 0.5) is 4.79 Å². The molecule has 2 amide bonds. The summed E-state index contributed by atoms with van der Waals surface area (Å²) in [7, 11) is 0. The molecule has 9 heteroatoms. The second-order valence-corrected chi connectivity index (χ2v) is 6.63. The third-order valence-corrected chi connectivity index (χ3v) is 4.56. The Bertz CT molecular complexity index is 665. The van der Waals surface area contributed by atoms with Crippen LogP contribution >= 0.6 is 22.7 Å². The first-order chi connectivity index (χ1) is 9.95. The molecule has 0 fully saturated rings. The van der Waals surface area contributed by atoms with E-state index in [1.54, 1.807) is 13.1 Å².